The molecule has 126 valence electrons. The minimum absolute atomic E-state index is 0.293. The highest BCUT2D eigenvalue weighted by atomic mass is 79.9. The van der Waals surface area contributed by atoms with Gasteiger partial charge in [-0.25, -0.2) is 4.79 Å². The van der Waals surface area contributed by atoms with E-state index in [0.717, 1.165) is 11.1 Å². The van der Waals surface area contributed by atoms with Crippen LogP contribution in [0.5, 0.6) is 0 Å². The number of ether oxygens (including phenoxy) is 1. The standard InChI is InChI=1S/C19H14BrNO3S/c1-24-19(23)16-14(12-7-3-2-4-8-12)11-25-18(16)21-17(22)13-9-5-6-10-15(13)20/h2-11H,1H3,(H,21,22). The average molecular weight is 416 g/mol. The summed E-state index contributed by atoms with van der Waals surface area (Å²) in [4.78, 5) is 24.9. The third-order valence-corrected chi connectivity index (χ3v) is 5.20. The summed E-state index contributed by atoms with van der Waals surface area (Å²) in [5, 5.41) is 5.13. The van der Waals surface area contributed by atoms with Crippen LogP contribution in [-0.2, 0) is 4.74 Å². The van der Waals surface area contributed by atoms with Gasteiger partial charge in [-0.05, 0) is 33.6 Å². The quantitative estimate of drug-likeness (QED) is 0.594. The molecular weight excluding hydrogens is 402 g/mol. The normalized spacial score (nSPS) is 10.3. The molecule has 1 aromatic heterocycles. The van der Waals surface area contributed by atoms with E-state index in [1.807, 2.05) is 41.8 Å². The van der Waals surface area contributed by atoms with Crippen LogP contribution in [0.25, 0.3) is 11.1 Å². The highest BCUT2D eigenvalue weighted by molar-refractivity contribution is 9.10. The minimum Gasteiger partial charge on any atom is -0.465 e. The highest BCUT2D eigenvalue weighted by Crippen LogP contribution is 2.36. The van der Waals surface area contributed by atoms with E-state index in [4.69, 9.17) is 4.74 Å². The number of nitrogens with one attached hydrogen (secondary N) is 1. The molecular formula is C19H14BrNO3S. The van der Waals surface area contributed by atoms with Crippen molar-refractivity contribution in [1.82, 2.24) is 0 Å². The first kappa shape index (κ1) is 17.4. The van der Waals surface area contributed by atoms with Gasteiger partial charge in [0.05, 0.1) is 12.7 Å². The molecule has 25 heavy (non-hydrogen) atoms. The van der Waals surface area contributed by atoms with Crippen LogP contribution in [0.4, 0.5) is 5.00 Å². The van der Waals surface area contributed by atoms with Crippen molar-refractivity contribution < 1.29 is 14.3 Å². The molecule has 0 aliphatic heterocycles. The van der Waals surface area contributed by atoms with Crippen LogP contribution in [0.2, 0.25) is 0 Å². The molecule has 1 amide bonds. The molecule has 3 rings (SSSR count). The summed E-state index contributed by atoms with van der Waals surface area (Å²) >= 11 is 4.66. The number of halogens is 1. The van der Waals surface area contributed by atoms with Crippen molar-refractivity contribution in [1.29, 1.82) is 0 Å². The summed E-state index contributed by atoms with van der Waals surface area (Å²) in [5.74, 6) is -0.776. The van der Waals surface area contributed by atoms with Crippen LogP contribution in [0, 0.1) is 0 Å². The number of hydrogen-bond donors (Lipinski definition) is 1. The van der Waals surface area contributed by atoms with Gasteiger partial charge < -0.3 is 10.1 Å². The molecule has 1 N–H and O–H groups in total. The fourth-order valence-corrected chi connectivity index (χ4v) is 3.82. The van der Waals surface area contributed by atoms with Gasteiger partial charge in [0.15, 0.2) is 0 Å². The second-order valence-electron chi connectivity index (χ2n) is 5.15. The van der Waals surface area contributed by atoms with E-state index in [-0.39, 0.29) is 5.91 Å². The first-order chi connectivity index (χ1) is 12.1. The molecule has 1 heterocycles. The lowest BCUT2D eigenvalue weighted by atomic mass is 10.0. The summed E-state index contributed by atoms with van der Waals surface area (Å²) in [6, 6.07) is 16.6. The maximum Gasteiger partial charge on any atom is 0.341 e. The number of thiophene rings is 1. The van der Waals surface area contributed by atoms with E-state index in [2.05, 4.69) is 21.2 Å². The van der Waals surface area contributed by atoms with Crippen LogP contribution >= 0.6 is 27.3 Å². The van der Waals surface area contributed by atoms with Gasteiger partial charge in [-0.1, -0.05) is 42.5 Å². The first-order valence-electron chi connectivity index (χ1n) is 7.43. The molecule has 0 atom stereocenters. The van der Waals surface area contributed by atoms with Crippen LogP contribution in [0.15, 0.2) is 64.5 Å². The number of carbonyl (C=O) groups excluding carboxylic acids is 2. The Morgan fingerprint density at radius 1 is 1.04 bits per heavy atom. The zero-order valence-electron chi connectivity index (χ0n) is 13.3. The Balaban J connectivity index is 2.00. The predicted molar refractivity (Wildman–Crippen MR) is 103 cm³/mol. The molecule has 4 nitrogen and oxygen atoms in total. The number of benzene rings is 2. The summed E-state index contributed by atoms with van der Waals surface area (Å²) in [5.41, 5.74) is 2.48. The van der Waals surface area contributed by atoms with E-state index in [1.54, 1.807) is 18.2 Å². The Bertz CT molecular complexity index is 921. The molecule has 0 bridgehead atoms. The van der Waals surface area contributed by atoms with Crippen molar-refractivity contribution in [2.45, 2.75) is 0 Å². The Hall–Kier alpha value is -2.44. The molecule has 0 saturated heterocycles. The third-order valence-electron chi connectivity index (χ3n) is 3.61. The van der Waals surface area contributed by atoms with Crippen molar-refractivity contribution in [3.8, 4) is 11.1 Å². The molecule has 2 aromatic carbocycles. The van der Waals surface area contributed by atoms with Crippen molar-refractivity contribution in [2.24, 2.45) is 0 Å². The van der Waals surface area contributed by atoms with Gasteiger partial charge in [-0.15, -0.1) is 11.3 Å². The largest absolute Gasteiger partial charge is 0.465 e. The number of rotatable bonds is 4. The SMILES string of the molecule is COC(=O)c1c(-c2ccccc2)csc1NC(=O)c1ccccc1Br. The third kappa shape index (κ3) is 3.65. The lowest BCUT2D eigenvalue weighted by Crippen LogP contribution is -2.14. The highest BCUT2D eigenvalue weighted by Gasteiger charge is 2.23. The fourth-order valence-electron chi connectivity index (χ4n) is 2.40. The van der Waals surface area contributed by atoms with Gasteiger partial charge in [-0.3, -0.25) is 4.79 Å². The van der Waals surface area contributed by atoms with Gasteiger partial charge in [0.2, 0.25) is 0 Å². The van der Waals surface area contributed by atoms with E-state index in [0.29, 0.717) is 20.6 Å². The zero-order chi connectivity index (χ0) is 17.8. The maximum absolute atomic E-state index is 12.6. The summed E-state index contributed by atoms with van der Waals surface area (Å²) in [6.45, 7) is 0. The topological polar surface area (TPSA) is 55.4 Å². The molecule has 6 heteroatoms. The molecule has 0 aliphatic carbocycles. The van der Waals surface area contributed by atoms with Crippen LogP contribution in [-0.4, -0.2) is 19.0 Å². The second-order valence-corrected chi connectivity index (χ2v) is 6.88. The number of esters is 1. The van der Waals surface area contributed by atoms with E-state index >= 15 is 0 Å². The smallest absolute Gasteiger partial charge is 0.341 e. The Labute approximate surface area is 157 Å². The zero-order valence-corrected chi connectivity index (χ0v) is 15.7. The maximum atomic E-state index is 12.6. The van der Waals surface area contributed by atoms with Crippen LogP contribution in [0.1, 0.15) is 20.7 Å². The second kappa shape index (κ2) is 7.63. The molecule has 0 fully saturated rings. The predicted octanol–water partition coefficient (Wildman–Crippen LogP) is 5.22. The lowest BCUT2D eigenvalue weighted by Gasteiger charge is -2.08. The van der Waals surface area contributed by atoms with E-state index < -0.39 is 5.97 Å². The van der Waals surface area contributed by atoms with Gasteiger partial charge in [-0.2, -0.15) is 0 Å². The number of hydrogen-bond acceptors (Lipinski definition) is 4. The van der Waals surface area contributed by atoms with Gasteiger partial charge >= 0.3 is 5.97 Å². The van der Waals surface area contributed by atoms with Crippen LogP contribution < -0.4 is 5.32 Å². The van der Waals surface area contributed by atoms with Gasteiger partial charge in [0.25, 0.3) is 5.91 Å². The number of carbonyl (C=O) groups is 2. The summed E-state index contributed by atoms with van der Waals surface area (Å²) in [6.07, 6.45) is 0. The molecule has 0 aliphatic rings. The van der Waals surface area contributed by atoms with Crippen molar-refractivity contribution in [2.75, 3.05) is 12.4 Å². The van der Waals surface area contributed by atoms with Crippen LogP contribution in [0.3, 0.4) is 0 Å². The van der Waals surface area contributed by atoms with Crippen molar-refractivity contribution in [3.05, 3.63) is 75.6 Å². The Morgan fingerprint density at radius 2 is 1.72 bits per heavy atom. The van der Waals surface area contributed by atoms with E-state index in [9.17, 15) is 9.59 Å². The fraction of sp³-hybridized carbons (Fsp3) is 0.0526. The number of amides is 1. The lowest BCUT2D eigenvalue weighted by molar-refractivity contribution is 0.0603. The van der Waals surface area contributed by atoms with Gasteiger partial charge in [0.1, 0.15) is 10.6 Å². The molecule has 0 spiro atoms. The van der Waals surface area contributed by atoms with Gasteiger partial charge in [0, 0.05) is 15.4 Å². The first-order valence-corrected chi connectivity index (χ1v) is 9.10. The van der Waals surface area contributed by atoms with Crippen molar-refractivity contribution >= 4 is 44.1 Å². The minimum atomic E-state index is -0.484. The Morgan fingerprint density at radius 3 is 2.40 bits per heavy atom. The monoisotopic (exact) mass is 415 g/mol. The summed E-state index contributed by atoms with van der Waals surface area (Å²) in [7, 11) is 1.33. The summed E-state index contributed by atoms with van der Waals surface area (Å²) < 4.78 is 5.60. The molecule has 0 saturated carbocycles. The Kier molecular flexibility index (Phi) is 5.31. The van der Waals surface area contributed by atoms with Crippen molar-refractivity contribution in [3.63, 3.8) is 0 Å². The van der Waals surface area contributed by atoms with E-state index in [1.165, 1.54) is 18.4 Å². The number of anilines is 1. The molecule has 0 radical (unpaired) electrons. The number of methoxy groups -OCH3 is 1. The average Bonchev–Trinajstić information content (AvgIpc) is 3.05. The molecule has 3 aromatic rings. The molecule has 0 unspecified atom stereocenters.